The van der Waals surface area contributed by atoms with E-state index in [4.69, 9.17) is 0 Å². The molecule has 174 valence electrons. The molecule has 4 nitrogen and oxygen atoms in total. The zero-order valence-corrected chi connectivity index (χ0v) is 20.1. The second-order valence-electron chi connectivity index (χ2n) is 9.75. The molecule has 0 bridgehead atoms. The van der Waals surface area contributed by atoms with Crippen molar-refractivity contribution in [1.82, 2.24) is 0 Å². The van der Waals surface area contributed by atoms with Crippen molar-refractivity contribution in [3.8, 4) is 0 Å². The maximum atomic E-state index is 13.7. The van der Waals surface area contributed by atoms with Gasteiger partial charge in [-0.2, -0.15) is 0 Å². The molecule has 0 amide bonds. The van der Waals surface area contributed by atoms with E-state index in [1.165, 1.54) is 16.3 Å². The van der Waals surface area contributed by atoms with Gasteiger partial charge in [-0.05, 0) is 70.5 Å². The van der Waals surface area contributed by atoms with Crippen LogP contribution in [0.1, 0.15) is 35.1 Å². The second-order valence-corrected chi connectivity index (χ2v) is 11.6. The quantitative estimate of drug-likeness (QED) is 0.346. The van der Waals surface area contributed by atoms with Gasteiger partial charge >= 0.3 is 0 Å². The number of allylic oxidation sites excluding steroid dienone is 2. The monoisotopic (exact) mass is 478 g/mol. The predicted molar refractivity (Wildman–Crippen MR) is 141 cm³/mol. The minimum atomic E-state index is -3.63. The maximum Gasteiger partial charge on any atom is 0.264 e. The van der Waals surface area contributed by atoms with Gasteiger partial charge in [-0.3, -0.25) is 4.31 Å². The van der Waals surface area contributed by atoms with E-state index in [2.05, 4.69) is 59.9 Å². The lowest BCUT2D eigenvalue weighted by Gasteiger charge is -2.38. The number of nitrogens with one attached hydrogen (secondary N) is 1. The maximum absolute atomic E-state index is 13.7. The summed E-state index contributed by atoms with van der Waals surface area (Å²) < 4.78 is 29.0. The van der Waals surface area contributed by atoms with Crippen LogP contribution in [0.3, 0.4) is 0 Å². The molecule has 2 heterocycles. The van der Waals surface area contributed by atoms with Crippen LogP contribution in [-0.4, -0.2) is 15.0 Å². The normalized spacial score (nSPS) is 22.5. The molecule has 3 unspecified atom stereocenters. The minimum absolute atomic E-state index is 0.168. The van der Waals surface area contributed by atoms with Gasteiger partial charge in [0.1, 0.15) is 0 Å². The van der Waals surface area contributed by atoms with Crippen molar-refractivity contribution in [2.75, 3.05) is 16.2 Å². The minimum Gasteiger partial charge on any atom is -0.378 e. The molecule has 0 saturated heterocycles. The topological polar surface area (TPSA) is 49.4 Å². The number of hydrogen-bond acceptors (Lipinski definition) is 3. The van der Waals surface area contributed by atoms with E-state index in [0.717, 1.165) is 35.3 Å². The Morgan fingerprint density at radius 2 is 1.69 bits per heavy atom. The fourth-order valence-corrected chi connectivity index (χ4v) is 7.79. The molecule has 3 atom stereocenters. The van der Waals surface area contributed by atoms with Crippen molar-refractivity contribution in [3.05, 3.63) is 114 Å². The largest absolute Gasteiger partial charge is 0.378 e. The summed E-state index contributed by atoms with van der Waals surface area (Å²) in [5.74, 6) is 0.537. The summed E-state index contributed by atoms with van der Waals surface area (Å²) in [4.78, 5) is 0.373. The molecular formula is C30H26N2O2S. The van der Waals surface area contributed by atoms with Gasteiger partial charge in [-0.1, -0.05) is 72.8 Å². The molecule has 3 aliphatic rings. The molecule has 0 saturated carbocycles. The SMILES string of the molecule is O=S(=O)(c1ccc2c(c1)C1C=CCC1C(c1cccc3ccccc13)N2)N1CCc2ccccc21. The van der Waals surface area contributed by atoms with Crippen LogP contribution in [0.4, 0.5) is 11.4 Å². The highest BCUT2D eigenvalue weighted by Gasteiger charge is 2.39. The molecule has 35 heavy (non-hydrogen) atoms. The molecule has 5 heteroatoms. The Kier molecular flexibility index (Phi) is 4.58. The third-order valence-electron chi connectivity index (χ3n) is 7.93. The van der Waals surface area contributed by atoms with Gasteiger partial charge in [0, 0.05) is 18.2 Å². The highest BCUT2D eigenvalue weighted by atomic mass is 32.2. The Balaban J connectivity index is 1.30. The predicted octanol–water partition coefficient (Wildman–Crippen LogP) is 6.42. The summed E-state index contributed by atoms with van der Waals surface area (Å²) in [6.07, 6.45) is 6.25. The first-order chi connectivity index (χ1) is 17.1. The van der Waals surface area contributed by atoms with Crippen LogP contribution in [0, 0.1) is 5.92 Å². The standard InChI is InChI=1S/C30H26N2O2S/c33-35(34,32-18-17-21-8-2-4-14-29(21)32)22-15-16-28-27(19-22)24-11-6-13-26(24)30(31-28)25-12-5-9-20-7-1-3-10-23(20)25/h1-12,14-16,19,24,26,30-31H,13,17-18H2. The zero-order valence-electron chi connectivity index (χ0n) is 19.3. The first-order valence-corrected chi connectivity index (χ1v) is 13.7. The van der Waals surface area contributed by atoms with Gasteiger partial charge in [-0.15, -0.1) is 0 Å². The van der Waals surface area contributed by atoms with E-state index in [-0.39, 0.29) is 12.0 Å². The van der Waals surface area contributed by atoms with Crippen LogP contribution >= 0.6 is 0 Å². The van der Waals surface area contributed by atoms with Crippen molar-refractivity contribution in [2.24, 2.45) is 5.92 Å². The first kappa shape index (κ1) is 20.8. The van der Waals surface area contributed by atoms with Crippen molar-refractivity contribution >= 4 is 32.2 Å². The molecule has 7 rings (SSSR count). The van der Waals surface area contributed by atoms with E-state index in [1.807, 2.05) is 36.4 Å². The molecule has 4 aromatic rings. The lowest BCUT2D eigenvalue weighted by molar-refractivity contribution is 0.427. The summed E-state index contributed by atoms with van der Waals surface area (Å²) in [7, 11) is -3.63. The smallest absolute Gasteiger partial charge is 0.264 e. The van der Waals surface area contributed by atoms with E-state index in [1.54, 1.807) is 10.4 Å². The molecule has 0 aromatic heterocycles. The molecule has 1 N–H and O–H groups in total. The molecule has 0 radical (unpaired) electrons. The van der Waals surface area contributed by atoms with Crippen LogP contribution in [0.5, 0.6) is 0 Å². The Morgan fingerprint density at radius 1 is 0.857 bits per heavy atom. The van der Waals surface area contributed by atoms with Crippen LogP contribution in [0.15, 0.2) is 102 Å². The summed E-state index contributed by atoms with van der Waals surface area (Å²) >= 11 is 0. The third kappa shape index (κ3) is 3.15. The lowest BCUT2D eigenvalue weighted by Crippen LogP contribution is -2.31. The number of para-hydroxylation sites is 1. The average molecular weight is 479 g/mol. The second kappa shape index (κ2) is 7.72. The summed E-state index contributed by atoms with van der Waals surface area (Å²) in [6.45, 7) is 0.492. The average Bonchev–Trinajstić information content (AvgIpc) is 3.56. The van der Waals surface area contributed by atoms with Crippen LogP contribution in [-0.2, 0) is 16.4 Å². The molecular weight excluding hydrogens is 452 g/mol. The highest BCUT2D eigenvalue weighted by Crippen LogP contribution is 2.51. The Morgan fingerprint density at radius 3 is 2.63 bits per heavy atom. The Bertz CT molecular complexity index is 1600. The number of sulfonamides is 1. The Hall–Kier alpha value is -3.57. The lowest BCUT2D eigenvalue weighted by atomic mass is 9.76. The van der Waals surface area contributed by atoms with Crippen molar-refractivity contribution < 1.29 is 8.42 Å². The number of fused-ring (bicyclic) bond motifs is 5. The molecule has 0 fully saturated rings. The van der Waals surface area contributed by atoms with E-state index >= 15 is 0 Å². The summed E-state index contributed by atoms with van der Waals surface area (Å²) in [6, 6.07) is 28.7. The number of benzene rings is 4. The fourth-order valence-electron chi connectivity index (χ4n) is 6.25. The molecule has 4 aromatic carbocycles. The van der Waals surface area contributed by atoms with E-state index < -0.39 is 10.0 Å². The van der Waals surface area contributed by atoms with Crippen LogP contribution in [0.25, 0.3) is 10.8 Å². The van der Waals surface area contributed by atoms with Crippen molar-refractivity contribution in [1.29, 1.82) is 0 Å². The van der Waals surface area contributed by atoms with Gasteiger partial charge in [0.25, 0.3) is 10.0 Å². The molecule has 1 aliphatic carbocycles. The highest BCUT2D eigenvalue weighted by molar-refractivity contribution is 7.92. The fraction of sp³-hybridized carbons (Fsp3) is 0.200. The third-order valence-corrected chi connectivity index (χ3v) is 9.73. The zero-order chi connectivity index (χ0) is 23.6. The number of rotatable bonds is 3. The van der Waals surface area contributed by atoms with Crippen molar-refractivity contribution in [2.45, 2.75) is 29.7 Å². The first-order valence-electron chi connectivity index (χ1n) is 12.3. The summed E-state index contributed by atoms with van der Waals surface area (Å²) in [5.41, 5.74) is 5.30. The van der Waals surface area contributed by atoms with Gasteiger partial charge in [0.2, 0.25) is 0 Å². The number of hydrogen-bond donors (Lipinski definition) is 1. The van der Waals surface area contributed by atoms with Crippen LogP contribution < -0.4 is 9.62 Å². The van der Waals surface area contributed by atoms with E-state index in [9.17, 15) is 8.42 Å². The molecule has 0 spiro atoms. The van der Waals surface area contributed by atoms with Gasteiger partial charge < -0.3 is 5.32 Å². The van der Waals surface area contributed by atoms with E-state index in [0.29, 0.717) is 17.4 Å². The van der Waals surface area contributed by atoms with Gasteiger partial charge in [0.05, 0.1) is 16.6 Å². The number of nitrogens with zero attached hydrogens (tertiary/aromatic N) is 1. The van der Waals surface area contributed by atoms with Gasteiger partial charge in [0.15, 0.2) is 0 Å². The molecule has 2 aliphatic heterocycles. The summed E-state index contributed by atoms with van der Waals surface area (Å²) in [5, 5.41) is 6.31. The number of anilines is 2. The van der Waals surface area contributed by atoms with Crippen molar-refractivity contribution in [3.63, 3.8) is 0 Å². The van der Waals surface area contributed by atoms with Crippen LogP contribution in [0.2, 0.25) is 0 Å². The van der Waals surface area contributed by atoms with Gasteiger partial charge in [-0.25, -0.2) is 8.42 Å². The Labute approximate surface area is 206 Å².